The van der Waals surface area contributed by atoms with E-state index in [-0.39, 0.29) is 11.5 Å². The van der Waals surface area contributed by atoms with E-state index in [1.807, 2.05) is 0 Å². The van der Waals surface area contributed by atoms with Crippen molar-refractivity contribution in [1.82, 2.24) is 0 Å². The van der Waals surface area contributed by atoms with Crippen molar-refractivity contribution in [3.05, 3.63) is 11.6 Å². The van der Waals surface area contributed by atoms with Crippen molar-refractivity contribution in [2.45, 2.75) is 111 Å². The molecular formula is C27H46O5S. The summed E-state index contributed by atoms with van der Waals surface area (Å²) < 4.78 is 36.5. The van der Waals surface area contributed by atoms with Crippen molar-refractivity contribution >= 4 is 10.4 Å². The third-order valence-electron chi connectivity index (χ3n) is 10.8. The average Bonchev–Trinajstić information content (AvgIpc) is 3.08. The van der Waals surface area contributed by atoms with Gasteiger partial charge in [-0.05, 0) is 111 Å². The fourth-order valence-electron chi connectivity index (χ4n) is 8.83. The Kier molecular flexibility index (Phi) is 7.17. The fraction of sp³-hybridized carbons (Fsp3) is 0.926. The van der Waals surface area contributed by atoms with E-state index >= 15 is 0 Å². The Bertz CT molecular complexity index is 851. The van der Waals surface area contributed by atoms with Gasteiger partial charge in [0.25, 0.3) is 0 Å². The van der Waals surface area contributed by atoms with E-state index in [1.165, 1.54) is 31.3 Å². The summed E-state index contributed by atoms with van der Waals surface area (Å²) >= 11 is 0. The van der Waals surface area contributed by atoms with E-state index in [0.29, 0.717) is 36.0 Å². The molecule has 0 radical (unpaired) electrons. The lowest BCUT2D eigenvalue weighted by Crippen LogP contribution is -2.51. The summed E-state index contributed by atoms with van der Waals surface area (Å²) in [5.41, 5.74) is 1.89. The zero-order valence-electron chi connectivity index (χ0n) is 21.3. The van der Waals surface area contributed by atoms with Crippen molar-refractivity contribution in [3.63, 3.8) is 0 Å². The van der Waals surface area contributed by atoms with Crippen molar-refractivity contribution in [1.29, 1.82) is 0 Å². The van der Waals surface area contributed by atoms with Crippen molar-refractivity contribution in [3.8, 4) is 0 Å². The maximum atomic E-state index is 11.2. The molecule has 0 saturated heterocycles. The minimum atomic E-state index is -4.40. The molecule has 0 amide bonds. The zero-order valence-corrected chi connectivity index (χ0v) is 22.1. The van der Waals surface area contributed by atoms with Crippen molar-refractivity contribution < 1.29 is 22.3 Å². The third kappa shape index (κ3) is 4.83. The first-order valence-electron chi connectivity index (χ1n) is 13.4. The Morgan fingerprint density at radius 2 is 1.79 bits per heavy atom. The molecule has 33 heavy (non-hydrogen) atoms. The molecule has 3 fully saturated rings. The monoisotopic (exact) mass is 482 g/mol. The van der Waals surface area contributed by atoms with E-state index < -0.39 is 16.5 Å². The number of aliphatic hydroxyl groups is 1. The summed E-state index contributed by atoms with van der Waals surface area (Å²) in [6.45, 7) is 11.6. The normalized spacial score (nSPS) is 42.8. The van der Waals surface area contributed by atoms with Crippen LogP contribution < -0.4 is 0 Å². The average molecular weight is 483 g/mol. The summed E-state index contributed by atoms with van der Waals surface area (Å²) in [4.78, 5) is 0. The Morgan fingerprint density at radius 1 is 1.06 bits per heavy atom. The largest absolute Gasteiger partial charge is 0.397 e. The van der Waals surface area contributed by atoms with Crippen LogP contribution in [0.4, 0.5) is 0 Å². The van der Waals surface area contributed by atoms with Crippen LogP contribution >= 0.6 is 0 Å². The maximum absolute atomic E-state index is 11.2. The molecule has 3 saturated carbocycles. The molecule has 4 aliphatic carbocycles. The molecule has 0 aromatic rings. The number of fused-ring (bicyclic) bond motifs is 5. The highest BCUT2D eigenvalue weighted by Crippen LogP contribution is 2.67. The minimum absolute atomic E-state index is 0.133. The van der Waals surface area contributed by atoms with Gasteiger partial charge in [-0.2, -0.15) is 8.42 Å². The van der Waals surface area contributed by atoms with Gasteiger partial charge in [0, 0.05) is 0 Å². The Balaban J connectivity index is 1.47. The Labute approximate surface area is 201 Å². The molecule has 5 nitrogen and oxygen atoms in total. The topological polar surface area (TPSA) is 83.8 Å². The lowest BCUT2D eigenvalue weighted by Gasteiger charge is -2.58. The van der Waals surface area contributed by atoms with E-state index in [1.54, 1.807) is 0 Å². The zero-order chi connectivity index (χ0) is 24.2. The van der Waals surface area contributed by atoms with Gasteiger partial charge < -0.3 is 5.11 Å². The van der Waals surface area contributed by atoms with Gasteiger partial charge in [-0.25, -0.2) is 4.18 Å². The van der Waals surface area contributed by atoms with Gasteiger partial charge in [-0.1, -0.05) is 46.3 Å². The van der Waals surface area contributed by atoms with Crippen LogP contribution in [0.15, 0.2) is 11.6 Å². The highest BCUT2D eigenvalue weighted by atomic mass is 32.3. The molecule has 4 rings (SSSR count). The van der Waals surface area contributed by atoms with Gasteiger partial charge in [0.2, 0.25) is 0 Å². The second-order valence-electron chi connectivity index (χ2n) is 12.7. The summed E-state index contributed by atoms with van der Waals surface area (Å²) in [6, 6.07) is 0. The van der Waals surface area contributed by atoms with Crippen LogP contribution in [0.5, 0.6) is 0 Å². The molecule has 6 heteroatoms. The number of rotatable bonds is 7. The molecule has 0 aromatic carbocycles. The molecule has 0 aliphatic heterocycles. The Hall–Kier alpha value is -0.430. The molecule has 2 N–H and O–H groups in total. The van der Waals surface area contributed by atoms with Crippen LogP contribution in [0.2, 0.25) is 0 Å². The van der Waals surface area contributed by atoms with Gasteiger partial charge in [-0.15, -0.1) is 0 Å². The van der Waals surface area contributed by atoms with Crippen molar-refractivity contribution in [2.24, 2.45) is 46.3 Å². The second-order valence-corrected chi connectivity index (χ2v) is 13.8. The fourth-order valence-corrected chi connectivity index (χ4v) is 9.33. The quantitative estimate of drug-likeness (QED) is 0.334. The van der Waals surface area contributed by atoms with Gasteiger partial charge >= 0.3 is 10.4 Å². The van der Waals surface area contributed by atoms with E-state index in [0.717, 1.165) is 43.4 Å². The van der Waals surface area contributed by atoms with E-state index in [9.17, 15) is 13.5 Å². The number of hydrogen-bond donors (Lipinski definition) is 2. The summed E-state index contributed by atoms with van der Waals surface area (Å²) in [5.74, 6) is 3.89. The third-order valence-corrected chi connectivity index (χ3v) is 11.3. The molecular weight excluding hydrogens is 436 g/mol. The van der Waals surface area contributed by atoms with Crippen LogP contribution in [0, 0.1) is 46.3 Å². The predicted molar refractivity (Wildman–Crippen MR) is 131 cm³/mol. The van der Waals surface area contributed by atoms with E-state index in [2.05, 4.69) is 40.7 Å². The van der Waals surface area contributed by atoms with Crippen LogP contribution in [0.3, 0.4) is 0 Å². The van der Waals surface area contributed by atoms with Crippen LogP contribution in [-0.4, -0.2) is 30.3 Å². The lowest BCUT2D eigenvalue weighted by molar-refractivity contribution is -0.0567. The maximum Gasteiger partial charge on any atom is 0.397 e. The number of aliphatic hydroxyl groups excluding tert-OH is 1. The van der Waals surface area contributed by atoms with Gasteiger partial charge in [-0.3, -0.25) is 4.55 Å². The molecule has 0 heterocycles. The van der Waals surface area contributed by atoms with Crippen molar-refractivity contribution in [2.75, 3.05) is 0 Å². The van der Waals surface area contributed by atoms with E-state index in [4.69, 9.17) is 8.74 Å². The smallest absolute Gasteiger partial charge is 0.393 e. The van der Waals surface area contributed by atoms with Crippen LogP contribution in [0.1, 0.15) is 98.8 Å². The lowest BCUT2D eigenvalue weighted by atomic mass is 9.47. The second kappa shape index (κ2) is 9.22. The number of allylic oxidation sites excluding steroid dienone is 1. The summed E-state index contributed by atoms with van der Waals surface area (Å²) in [6.07, 6.45) is 12.4. The van der Waals surface area contributed by atoms with Crippen LogP contribution in [-0.2, 0) is 14.6 Å². The highest BCUT2D eigenvalue weighted by molar-refractivity contribution is 7.80. The molecule has 190 valence electrons. The standard InChI is InChI=1S/C27H46O5S/c1-17(2)25(28)11-6-18(3)22-9-10-23-21-8-7-19-16-20(32-33(29,30)31)12-14-26(19,4)24(21)13-15-27(22,23)5/h7,17-18,20-25,28H,6,8-16H2,1-5H3,(H,29,30,31)/t18-,20?,21+,22-,23+,24+,25+,26+,27-/m1/s1. The first-order chi connectivity index (χ1) is 15.3. The Morgan fingerprint density at radius 3 is 2.45 bits per heavy atom. The van der Waals surface area contributed by atoms with Gasteiger partial charge in [0.1, 0.15) is 0 Å². The minimum Gasteiger partial charge on any atom is -0.393 e. The molecule has 4 aliphatic rings. The number of hydrogen-bond acceptors (Lipinski definition) is 4. The molecule has 9 atom stereocenters. The van der Waals surface area contributed by atoms with Gasteiger partial charge in [0.05, 0.1) is 12.2 Å². The summed E-state index contributed by atoms with van der Waals surface area (Å²) in [7, 11) is -4.40. The molecule has 0 bridgehead atoms. The highest BCUT2D eigenvalue weighted by Gasteiger charge is 2.59. The SMILES string of the molecule is CC(C)[C@@H](O)CC[C@@H](C)[C@H]1CC[C@H]2[C@@H]3CC=C4CC(OS(=O)(=O)O)CC[C@]4(C)[C@H]3CC[C@]12C. The molecule has 1 unspecified atom stereocenters. The predicted octanol–water partition coefficient (Wildman–Crippen LogP) is 6.19. The molecule has 0 spiro atoms. The van der Waals surface area contributed by atoms with Crippen LogP contribution in [0.25, 0.3) is 0 Å². The summed E-state index contributed by atoms with van der Waals surface area (Å²) in [5, 5.41) is 10.3. The first-order valence-corrected chi connectivity index (χ1v) is 14.7. The van der Waals surface area contributed by atoms with Gasteiger partial charge in [0.15, 0.2) is 0 Å². The first kappa shape index (κ1) is 25.7. The molecule has 0 aromatic heterocycles.